The fraction of sp³-hybridized carbons (Fsp3) is 0.391. The van der Waals surface area contributed by atoms with Crippen molar-refractivity contribution in [3.63, 3.8) is 0 Å². The number of carbonyl (C=O) groups is 2. The molecule has 0 saturated heterocycles. The second-order valence-corrected chi connectivity index (χ2v) is 7.48. The lowest BCUT2D eigenvalue weighted by Gasteiger charge is -2.31. The summed E-state index contributed by atoms with van der Waals surface area (Å²) in [5.74, 6) is -1.16. The van der Waals surface area contributed by atoms with Crippen LogP contribution in [0, 0.1) is 17.6 Å². The minimum absolute atomic E-state index is 0.140. The van der Waals surface area contributed by atoms with Crippen LogP contribution < -0.4 is 5.32 Å². The van der Waals surface area contributed by atoms with Crippen LogP contribution in [-0.2, 0) is 22.6 Å². The molecule has 0 aliphatic carbocycles. The summed E-state index contributed by atoms with van der Waals surface area (Å²) in [6.07, 6.45) is 0.260. The van der Waals surface area contributed by atoms with E-state index in [1.165, 1.54) is 23.1 Å². The van der Waals surface area contributed by atoms with Gasteiger partial charge in [-0.3, -0.25) is 9.59 Å². The quantitative estimate of drug-likeness (QED) is 0.687. The molecular formula is C23H28F2N2O2. The molecule has 0 bridgehead atoms. The van der Waals surface area contributed by atoms with Gasteiger partial charge in [0.2, 0.25) is 11.8 Å². The van der Waals surface area contributed by atoms with Crippen molar-refractivity contribution in [1.82, 2.24) is 10.2 Å². The number of hydrogen-bond acceptors (Lipinski definition) is 2. The number of nitrogens with zero attached hydrogens (tertiary/aromatic N) is 1. The summed E-state index contributed by atoms with van der Waals surface area (Å²) in [7, 11) is 0. The summed E-state index contributed by atoms with van der Waals surface area (Å²) in [4.78, 5) is 27.3. The zero-order valence-electron chi connectivity index (χ0n) is 17.1. The lowest BCUT2D eigenvalue weighted by atomic mass is 10.1. The van der Waals surface area contributed by atoms with Crippen molar-refractivity contribution < 1.29 is 18.4 Å². The van der Waals surface area contributed by atoms with Crippen molar-refractivity contribution in [2.75, 3.05) is 6.54 Å². The average molecular weight is 402 g/mol. The molecule has 0 heterocycles. The summed E-state index contributed by atoms with van der Waals surface area (Å²) in [6.45, 7) is 6.44. The molecule has 0 aromatic heterocycles. The van der Waals surface area contributed by atoms with Gasteiger partial charge in [0, 0.05) is 13.1 Å². The van der Waals surface area contributed by atoms with Crippen LogP contribution in [0.25, 0.3) is 0 Å². The van der Waals surface area contributed by atoms with E-state index < -0.39 is 11.9 Å². The van der Waals surface area contributed by atoms with Gasteiger partial charge in [-0.05, 0) is 41.7 Å². The molecule has 6 heteroatoms. The lowest BCUT2D eigenvalue weighted by molar-refractivity contribution is -0.141. The van der Waals surface area contributed by atoms with Crippen LogP contribution in [0.4, 0.5) is 8.78 Å². The van der Waals surface area contributed by atoms with Gasteiger partial charge in [-0.1, -0.05) is 51.1 Å². The highest BCUT2D eigenvalue weighted by Crippen LogP contribution is 2.16. The zero-order valence-corrected chi connectivity index (χ0v) is 17.1. The number of benzene rings is 2. The molecule has 0 fully saturated rings. The van der Waals surface area contributed by atoms with E-state index in [9.17, 15) is 18.4 Å². The van der Waals surface area contributed by atoms with Crippen molar-refractivity contribution in [3.05, 3.63) is 71.3 Å². The van der Waals surface area contributed by atoms with E-state index in [1.807, 2.05) is 20.8 Å². The number of rotatable bonds is 9. The van der Waals surface area contributed by atoms with E-state index in [-0.39, 0.29) is 42.1 Å². The Kier molecular flexibility index (Phi) is 8.31. The third kappa shape index (κ3) is 6.66. The van der Waals surface area contributed by atoms with Crippen LogP contribution in [0.15, 0.2) is 48.5 Å². The Hall–Kier alpha value is -2.76. The van der Waals surface area contributed by atoms with E-state index in [0.717, 1.165) is 0 Å². The predicted molar refractivity (Wildman–Crippen MR) is 109 cm³/mol. The molecule has 2 rings (SSSR count). The minimum atomic E-state index is -0.696. The highest BCUT2D eigenvalue weighted by atomic mass is 19.1. The normalized spacial score (nSPS) is 11.9. The van der Waals surface area contributed by atoms with Gasteiger partial charge < -0.3 is 10.2 Å². The van der Waals surface area contributed by atoms with Gasteiger partial charge in [0.1, 0.15) is 17.7 Å². The van der Waals surface area contributed by atoms with E-state index in [0.29, 0.717) is 18.5 Å². The van der Waals surface area contributed by atoms with Crippen LogP contribution in [-0.4, -0.2) is 29.3 Å². The Morgan fingerprint density at radius 3 is 2.28 bits per heavy atom. The number of halogens is 2. The first-order valence-corrected chi connectivity index (χ1v) is 9.86. The number of amides is 2. The number of carbonyl (C=O) groups excluding carboxylic acids is 2. The molecule has 0 aliphatic heterocycles. The third-order valence-electron chi connectivity index (χ3n) is 4.64. The van der Waals surface area contributed by atoms with E-state index >= 15 is 0 Å². The van der Waals surface area contributed by atoms with Crippen LogP contribution in [0.5, 0.6) is 0 Å². The molecule has 2 aromatic rings. The van der Waals surface area contributed by atoms with Gasteiger partial charge in [-0.2, -0.15) is 0 Å². The van der Waals surface area contributed by atoms with E-state index in [4.69, 9.17) is 0 Å². The summed E-state index contributed by atoms with van der Waals surface area (Å²) in [5.41, 5.74) is 0.974. The molecule has 0 radical (unpaired) electrons. The summed E-state index contributed by atoms with van der Waals surface area (Å²) in [5, 5.41) is 2.87. The van der Waals surface area contributed by atoms with Crippen molar-refractivity contribution >= 4 is 11.8 Å². The summed E-state index contributed by atoms with van der Waals surface area (Å²) in [6, 6.07) is 11.2. The molecule has 29 heavy (non-hydrogen) atoms. The van der Waals surface area contributed by atoms with Gasteiger partial charge in [0.25, 0.3) is 0 Å². The van der Waals surface area contributed by atoms with Crippen LogP contribution >= 0.6 is 0 Å². The van der Waals surface area contributed by atoms with Gasteiger partial charge in [0.15, 0.2) is 0 Å². The van der Waals surface area contributed by atoms with Crippen molar-refractivity contribution in [2.24, 2.45) is 5.92 Å². The minimum Gasteiger partial charge on any atom is -0.354 e. The zero-order chi connectivity index (χ0) is 21.4. The summed E-state index contributed by atoms with van der Waals surface area (Å²) < 4.78 is 27.3. The molecule has 4 nitrogen and oxygen atoms in total. The van der Waals surface area contributed by atoms with Crippen LogP contribution in [0.3, 0.4) is 0 Å². The Morgan fingerprint density at radius 2 is 1.69 bits per heavy atom. The molecule has 0 unspecified atom stereocenters. The maximum atomic E-state index is 14.0. The fourth-order valence-electron chi connectivity index (χ4n) is 3.03. The molecule has 0 saturated carbocycles. The highest BCUT2D eigenvalue weighted by molar-refractivity contribution is 5.88. The second-order valence-electron chi connectivity index (χ2n) is 7.48. The monoisotopic (exact) mass is 402 g/mol. The first-order chi connectivity index (χ1) is 13.8. The third-order valence-corrected chi connectivity index (χ3v) is 4.64. The standard InChI is InChI=1S/C23H28F2N2O2/c1-4-21(23(29)26-14-16(2)3)27(15-17-9-11-19(24)12-10-17)22(28)13-18-7-5-6-8-20(18)25/h5-12,16,21H,4,13-15H2,1-3H3,(H,26,29)/t21-/m1/s1. The first-order valence-electron chi connectivity index (χ1n) is 9.86. The maximum absolute atomic E-state index is 14.0. The van der Waals surface area contributed by atoms with Crippen LogP contribution in [0.2, 0.25) is 0 Å². The van der Waals surface area contributed by atoms with Gasteiger partial charge in [-0.25, -0.2) is 8.78 Å². The van der Waals surface area contributed by atoms with Gasteiger partial charge in [0.05, 0.1) is 6.42 Å². The SMILES string of the molecule is CC[C@H](C(=O)NCC(C)C)N(Cc1ccc(F)cc1)C(=O)Cc1ccccc1F. The molecule has 0 spiro atoms. The Labute approximate surface area is 170 Å². The summed E-state index contributed by atoms with van der Waals surface area (Å²) >= 11 is 0. The van der Waals surface area contributed by atoms with Gasteiger partial charge in [-0.15, -0.1) is 0 Å². The molecule has 2 amide bonds. The van der Waals surface area contributed by atoms with E-state index in [1.54, 1.807) is 30.3 Å². The maximum Gasteiger partial charge on any atom is 0.242 e. The Morgan fingerprint density at radius 1 is 1.03 bits per heavy atom. The predicted octanol–water partition coefficient (Wildman–Crippen LogP) is 4.09. The smallest absolute Gasteiger partial charge is 0.242 e. The molecule has 0 aliphatic rings. The topological polar surface area (TPSA) is 49.4 Å². The van der Waals surface area contributed by atoms with Gasteiger partial charge >= 0.3 is 0 Å². The second kappa shape index (κ2) is 10.7. The van der Waals surface area contributed by atoms with Crippen LogP contribution in [0.1, 0.15) is 38.3 Å². The molecular weight excluding hydrogens is 374 g/mol. The van der Waals surface area contributed by atoms with Crippen molar-refractivity contribution in [2.45, 2.75) is 46.2 Å². The lowest BCUT2D eigenvalue weighted by Crippen LogP contribution is -2.50. The fourth-order valence-corrected chi connectivity index (χ4v) is 3.03. The van der Waals surface area contributed by atoms with Crippen molar-refractivity contribution in [1.29, 1.82) is 0 Å². The highest BCUT2D eigenvalue weighted by Gasteiger charge is 2.29. The van der Waals surface area contributed by atoms with E-state index in [2.05, 4.69) is 5.32 Å². The number of hydrogen-bond donors (Lipinski definition) is 1. The first kappa shape index (κ1) is 22.5. The molecule has 1 atom stereocenters. The Bertz CT molecular complexity index is 822. The Balaban J connectivity index is 2.27. The average Bonchev–Trinajstić information content (AvgIpc) is 2.69. The molecule has 156 valence electrons. The largest absolute Gasteiger partial charge is 0.354 e. The molecule has 1 N–H and O–H groups in total. The number of nitrogens with one attached hydrogen (secondary N) is 1. The molecule has 2 aromatic carbocycles. The van der Waals surface area contributed by atoms with Crippen molar-refractivity contribution in [3.8, 4) is 0 Å².